The van der Waals surface area contributed by atoms with Gasteiger partial charge in [0, 0.05) is 25.0 Å². The van der Waals surface area contributed by atoms with Crippen molar-refractivity contribution < 1.29 is 9.59 Å². The predicted octanol–water partition coefficient (Wildman–Crippen LogP) is 3.40. The van der Waals surface area contributed by atoms with E-state index in [1.807, 2.05) is 0 Å². The van der Waals surface area contributed by atoms with E-state index in [0.29, 0.717) is 13.1 Å². The van der Waals surface area contributed by atoms with Crippen LogP contribution in [0.2, 0.25) is 0 Å². The molecule has 0 aromatic heterocycles. The summed E-state index contributed by atoms with van der Waals surface area (Å²) in [5.74, 6) is 1.27. The van der Waals surface area contributed by atoms with Crippen molar-refractivity contribution in [1.29, 1.82) is 0 Å². The molecule has 7 heteroatoms. The van der Waals surface area contributed by atoms with Gasteiger partial charge < -0.3 is 10.6 Å². The number of amides is 2. The van der Waals surface area contributed by atoms with Crippen LogP contribution in [0, 0.1) is 30.6 Å². The number of rotatable bonds is 8. The number of guanidine groups is 1. The second-order valence-electron chi connectivity index (χ2n) is 9.90. The molecule has 1 aliphatic heterocycles. The third kappa shape index (κ3) is 4.45. The van der Waals surface area contributed by atoms with Gasteiger partial charge in [-0.3, -0.25) is 19.5 Å². The third-order valence-corrected chi connectivity index (χ3v) is 7.87. The van der Waals surface area contributed by atoms with Crippen molar-refractivity contribution in [1.82, 2.24) is 15.5 Å². The lowest BCUT2D eigenvalue weighted by atomic mass is 9.85. The molecule has 4 atom stereocenters. The van der Waals surface area contributed by atoms with E-state index in [9.17, 15) is 9.59 Å². The monoisotopic (exact) mass is 562 g/mol. The number of carbonyl (C=O) groups is 2. The molecule has 0 spiro atoms. The number of nitrogens with one attached hydrogen (secondary N) is 2. The lowest BCUT2D eigenvalue weighted by molar-refractivity contribution is -0.140. The van der Waals surface area contributed by atoms with Gasteiger partial charge in [0.25, 0.3) is 0 Å². The van der Waals surface area contributed by atoms with Gasteiger partial charge in [0.1, 0.15) is 0 Å². The number of aryl methyl sites for hydroxylation is 1. The quantitative estimate of drug-likeness (QED) is 0.127. The van der Waals surface area contributed by atoms with Crippen molar-refractivity contribution in [3.8, 4) is 0 Å². The van der Waals surface area contributed by atoms with Gasteiger partial charge in [-0.05, 0) is 62.5 Å². The van der Waals surface area contributed by atoms with E-state index in [2.05, 4.69) is 60.9 Å². The highest BCUT2D eigenvalue weighted by molar-refractivity contribution is 14.0. The minimum Gasteiger partial charge on any atom is -0.357 e. The van der Waals surface area contributed by atoms with Gasteiger partial charge >= 0.3 is 0 Å². The lowest BCUT2D eigenvalue weighted by Gasteiger charge is -2.19. The Morgan fingerprint density at radius 1 is 1.09 bits per heavy atom. The zero-order valence-electron chi connectivity index (χ0n) is 19.5. The van der Waals surface area contributed by atoms with Crippen LogP contribution in [0.1, 0.15) is 43.7 Å². The molecule has 2 saturated carbocycles. The van der Waals surface area contributed by atoms with Gasteiger partial charge in [-0.15, -0.1) is 24.0 Å². The smallest absolute Gasteiger partial charge is 0.233 e. The summed E-state index contributed by atoms with van der Waals surface area (Å²) in [6.07, 6.45) is 8.36. The molecule has 4 unspecified atom stereocenters. The van der Waals surface area contributed by atoms with Crippen LogP contribution in [0.25, 0.3) is 0 Å². The first-order valence-electron chi connectivity index (χ1n) is 12.2. The van der Waals surface area contributed by atoms with Gasteiger partial charge in [-0.25, -0.2) is 0 Å². The molecule has 33 heavy (non-hydrogen) atoms. The number of allylic oxidation sites excluding steroid dienone is 2. The normalized spacial score (nSPS) is 28.7. The Bertz CT molecular complexity index is 941. The van der Waals surface area contributed by atoms with Crippen LogP contribution in [0.4, 0.5) is 0 Å². The summed E-state index contributed by atoms with van der Waals surface area (Å²) in [4.78, 5) is 32.0. The number of benzene rings is 1. The summed E-state index contributed by atoms with van der Waals surface area (Å²) in [6.45, 7) is 6.98. The molecule has 1 heterocycles. The molecule has 5 rings (SSSR count). The van der Waals surface area contributed by atoms with Crippen LogP contribution in [0.5, 0.6) is 0 Å². The molecule has 6 nitrogen and oxygen atoms in total. The maximum absolute atomic E-state index is 12.8. The lowest BCUT2D eigenvalue weighted by Crippen LogP contribution is -2.40. The first-order chi connectivity index (χ1) is 15.5. The molecule has 2 N–H and O–H groups in total. The van der Waals surface area contributed by atoms with Crippen molar-refractivity contribution in [3.63, 3.8) is 0 Å². The summed E-state index contributed by atoms with van der Waals surface area (Å²) in [6, 6.07) is 8.62. The largest absolute Gasteiger partial charge is 0.357 e. The van der Waals surface area contributed by atoms with Gasteiger partial charge in [-0.2, -0.15) is 0 Å². The number of aliphatic imine (C=N–C) groups is 1. The highest BCUT2D eigenvalue weighted by atomic mass is 127. The zero-order chi connectivity index (χ0) is 22.3. The predicted molar refractivity (Wildman–Crippen MR) is 141 cm³/mol. The molecular formula is C26H35IN4O2. The van der Waals surface area contributed by atoms with E-state index in [4.69, 9.17) is 4.99 Å². The standard InChI is InChI=1S/C26H34N4O2.HI/c1-3-27-25(29-16-26(11-12-26)20-8-5-4-7-17(20)2)28-13-6-14-30-23(31)21-18-9-10-19(15-18)22(21)24(30)32;/h4-5,7-10,18-19,21-22H,3,6,11-16H2,1-2H3,(H2,27,28,29);1H. The van der Waals surface area contributed by atoms with Crippen LogP contribution < -0.4 is 10.6 Å². The maximum Gasteiger partial charge on any atom is 0.233 e. The van der Waals surface area contributed by atoms with E-state index in [-0.39, 0.29) is 64.9 Å². The van der Waals surface area contributed by atoms with Crippen LogP contribution in [-0.4, -0.2) is 48.9 Å². The number of imide groups is 1. The Balaban J connectivity index is 0.00000259. The van der Waals surface area contributed by atoms with E-state index in [1.165, 1.54) is 28.9 Å². The first-order valence-corrected chi connectivity index (χ1v) is 12.2. The molecule has 3 fully saturated rings. The fourth-order valence-corrected chi connectivity index (χ4v) is 6.03. The highest BCUT2D eigenvalue weighted by Gasteiger charge is 2.58. The Labute approximate surface area is 213 Å². The van der Waals surface area contributed by atoms with Crippen LogP contribution in [-0.2, 0) is 15.0 Å². The maximum atomic E-state index is 12.8. The number of halogens is 1. The number of hydrogen-bond acceptors (Lipinski definition) is 3. The average Bonchev–Trinajstić information content (AvgIpc) is 3.16. The van der Waals surface area contributed by atoms with Crippen LogP contribution >= 0.6 is 24.0 Å². The summed E-state index contributed by atoms with van der Waals surface area (Å²) in [7, 11) is 0. The van der Waals surface area contributed by atoms with Gasteiger partial charge in [0.2, 0.25) is 11.8 Å². The van der Waals surface area contributed by atoms with E-state index in [1.54, 1.807) is 0 Å². The topological polar surface area (TPSA) is 73.8 Å². The summed E-state index contributed by atoms with van der Waals surface area (Å²) >= 11 is 0. The minimum absolute atomic E-state index is 0. The second-order valence-corrected chi connectivity index (χ2v) is 9.90. The van der Waals surface area contributed by atoms with Gasteiger partial charge in [0.05, 0.1) is 18.4 Å². The number of hydrogen-bond donors (Lipinski definition) is 2. The summed E-state index contributed by atoms with van der Waals surface area (Å²) in [5.41, 5.74) is 2.93. The van der Waals surface area contributed by atoms with Crippen molar-refractivity contribution >= 4 is 41.8 Å². The van der Waals surface area contributed by atoms with Crippen molar-refractivity contribution in [2.75, 3.05) is 26.2 Å². The van der Waals surface area contributed by atoms with Crippen LogP contribution in [0.3, 0.4) is 0 Å². The van der Waals surface area contributed by atoms with E-state index >= 15 is 0 Å². The van der Waals surface area contributed by atoms with Crippen molar-refractivity contribution in [2.45, 2.75) is 44.9 Å². The molecule has 1 aromatic carbocycles. The van der Waals surface area contributed by atoms with Crippen molar-refractivity contribution in [3.05, 3.63) is 47.5 Å². The molecule has 2 bridgehead atoms. The molecular weight excluding hydrogens is 527 g/mol. The van der Waals surface area contributed by atoms with Crippen molar-refractivity contribution in [2.24, 2.45) is 28.7 Å². The molecule has 4 aliphatic rings. The number of carbonyl (C=O) groups excluding carboxylic acids is 2. The Morgan fingerprint density at radius 2 is 1.76 bits per heavy atom. The van der Waals surface area contributed by atoms with Gasteiger partial charge in [-0.1, -0.05) is 36.4 Å². The van der Waals surface area contributed by atoms with E-state index < -0.39 is 0 Å². The number of fused-ring (bicyclic) bond motifs is 5. The molecule has 1 saturated heterocycles. The Hall–Kier alpha value is -1.90. The average molecular weight is 562 g/mol. The molecule has 178 valence electrons. The number of nitrogens with zero attached hydrogens (tertiary/aromatic N) is 2. The van der Waals surface area contributed by atoms with Crippen LogP contribution in [0.15, 0.2) is 41.4 Å². The third-order valence-electron chi connectivity index (χ3n) is 7.87. The van der Waals surface area contributed by atoms with Gasteiger partial charge in [0.15, 0.2) is 5.96 Å². The SMILES string of the molecule is CCNC(=NCC1(c2ccccc2C)CC1)NCCCN1C(=O)C2C3C=CC(C3)C2C1=O.I. The second kappa shape index (κ2) is 9.76. The molecule has 2 amide bonds. The molecule has 0 radical (unpaired) electrons. The minimum atomic E-state index is -0.0967. The fourth-order valence-electron chi connectivity index (χ4n) is 6.03. The molecule has 1 aromatic rings. The fraction of sp³-hybridized carbons (Fsp3) is 0.577. The zero-order valence-corrected chi connectivity index (χ0v) is 21.9. The Kier molecular flexibility index (Phi) is 7.17. The highest BCUT2D eigenvalue weighted by Crippen LogP contribution is 2.52. The summed E-state index contributed by atoms with van der Waals surface area (Å²) in [5, 5.41) is 6.73. The summed E-state index contributed by atoms with van der Waals surface area (Å²) < 4.78 is 0. The number of likely N-dealkylation sites (tertiary alicyclic amines) is 1. The Morgan fingerprint density at radius 3 is 2.36 bits per heavy atom. The first kappa shape index (κ1) is 24.2. The molecule has 3 aliphatic carbocycles. The van der Waals surface area contributed by atoms with E-state index in [0.717, 1.165) is 31.9 Å².